The van der Waals surface area contributed by atoms with Gasteiger partial charge in [0.1, 0.15) is 30.1 Å². The summed E-state index contributed by atoms with van der Waals surface area (Å²) in [6, 6.07) is 6.39. The third kappa shape index (κ3) is 11.1. The van der Waals surface area contributed by atoms with Crippen molar-refractivity contribution in [1.29, 1.82) is 0 Å². The number of nitrogens with two attached hydrogens (primary N) is 1. The van der Waals surface area contributed by atoms with Gasteiger partial charge in [-0.05, 0) is 42.5 Å². The second-order valence-electron chi connectivity index (χ2n) is 15.5. The molecule has 6 rings (SSSR count). The molecule has 348 valence electrons. The SMILES string of the molecule is CC(C)[C@H](NC(=O)CCCCCN1C(=O)C=CC1=O)C(=O)NCC(=O)Nc1ccc(COC(=O)OC2CN(c3c(F)cc4c(=O)c(C(=O)O)cn(-c5nc(N)c(F)cc5F)c4c3Cl)C2)cc1. The Morgan fingerprint density at radius 3 is 2.27 bits per heavy atom. The van der Waals surface area contributed by atoms with Gasteiger partial charge in [0, 0.05) is 43.1 Å². The summed E-state index contributed by atoms with van der Waals surface area (Å²) in [6.45, 7) is 2.88. The molecule has 0 radical (unpaired) electrons. The van der Waals surface area contributed by atoms with Crippen LogP contribution in [0.2, 0.25) is 5.02 Å². The normalized spacial score (nSPS) is 14.0. The lowest BCUT2D eigenvalue weighted by atomic mass is 10.0. The predicted molar refractivity (Wildman–Crippen MR) is 230 cm³/mol. The predicted octanol–water partition coefficient (Wildman–Crippen LogP) is 3.96. The topological polar surface area (TPSA) is 262 Å². The molecule has 1 fully saturated rings. The Kier molecular flexibility index (Phi) is 14.9. The number of carboxylic acids is 1. The van der Waals surface area contributed by atoms with Crippen molar-refractivity contribution in [3.05, 3.63) is 98.6 Å². The van der Waals surface area contributed by atoms with Crippen molar-refractivity contribution in [2.24, 2.45) is 5.92 Å². The highest BCUT2D eigenvalue weighted by Crippen LogP contribution is 2.39. The molecule has 2 aromatic heterocycles. The number of halogens is 4. The Bertz CT molecular complexity index is 2690. The van der Waals surface area contributed by atoms with Crippen molar-refractivity contribution in [3.8, 4) is 5.82 Å². The molecular weight excluding hydrogens is 897 g/mol. The summed E-state index contributed by atoms with van der Waals surface area (Å²) in [5.74, 6) is -9.24. The summed E-state index contributed by atoms with van der Waals surface area (Å²) in [5.41, 5.74) is 3.72. The number of imide groups is 1. The van der Waals surface area contributed by atoms with E-state index < -0.39 is 93.1 Å². The summed E-state index contributed by atoms with van der Waals surface area (Å²) in [4.78, 5) is 105. The second kappa shape index (κ2) is 20.6. The molecule has 0 bridgehead atoms. The number of nitrogens with one attached hydrogen (secondary N) is 3. The zero-order chi connectivity index (χ0) is 48.0. The first kappa shape index (κ1) is 48.0. The monoisotopic (exact) mass is 938 g/mol. The number of ether oxygens (including phenoxy) is 2. The van der Waals surface area contributed by atoms with Crippen molar-refractivity contribution in [1.82, 2.24) is 25.1 Å². The van der Waals surface area contributed by atoms with Gasteiger partial charge in [-0.3, -0.25) is 38.2 Å². The van der Waals surface area contributed by atoms with E-state index in [4.69, 9.17) is 26.8 Å². The molecule has 0 spiro atoms. The number of nitrogen functional groups attached to an aromatic ring is 1. The Morgan fingerprint density at radius 1 is 0.939 bits per heavy atom. The molecule has 4 heterocycles. The maximum absolute atomic E-state index is 15.6. The molecule has 19 nitrogen and oxygen atoms in total. The average Bonchev–Trinajstić information content (AvgIpc) is 3.57. The third-order valence-electron chi connectivity index (χ3n) is 10.4. The van der Waals surface area contributed by atoms with Crippen LogP contribution in [0.5, 0.6) is 0 Å². The van der Waals surface area contributed by atoms with Gasteiger partial charge in [0.05, 0.1) is 41.2 Å². The number of nitrogens with zero attached hydrogens (tertiary/aromatic N) is 4. The van der Waals surface area contributed by atoms with E-state index in [9.17, 15) is 52.2 Å². The van der Waals surface area contributed by atoms with E-state index in [-0.39, 0.29) is 67.5 Å². The number of unbranched alkanes of at least 4 members (excludes halogenated alkanes) is 2. The van der Waals surface area contributed by atoms with Gasteiger partial charge >= 0.3 is 12.1 Å². The largest absolute Gasteiger partial charge is 0.509 e. The highest BCUT2D eigenvalue weighted by Gasteiger charge is 2.36. The van der Waals surface area contributed by atoms with Gasteiger partial charge in [-0.15, -0.1) is 0 Å². The number of anilines is 3. The molecule has 0 unspecified atom stereocenters. The van der Waals surface area contributed by atoms with E-state index in [1.807, 2.05) is 0 Å². The average molecular weight is 939 g/mol. The molecule has 66 heavy (non-hydrogen) atoms. The minimum Gasteiger partial charge on any atom is -0.477 e. The van der Waals surface area contributed by atoms with Crippen molar-refractivity contribution in [2.45, 2.75) is 58.3 Å². The number of aromatic nitrogens is 2. The lowest BCUT2D eigenvalue weighted by molar-refractivity contribution is -0.137. The van der Waals surface area contributed by atoms with Gasteiger partial charge in [-0.2, -0.15) is 0 Å². The molecule has 23 heteroatoms. The van der Waals surface area contributed by atoms with Gasteiger partial charge in [-0.25, -0.2) is 27.7 Å². The number of carbonyl (C=O) groups is 7. The first-order valence-electron chi connectivity index (χ1n) is 20.3. The number of hydrogen-bond acceptors (Lipinski definition) is 13. The van der Waals surface area contributed by atoms with Gasteiger partial charge in [0.2, 0.25) is 23.2 Å². The summed E-state index contributed by atoms with van der Waals surface area (Å²) >= 11 is 6.61. The zero-order valence-corrected chi connectivity index (χ0v) is 36.0. The van der Waals surface area contributed by atoms with Crippen LogP contribution in [0.1, 0.15) is 55.5 Å². The van der Waals surface area contributed by atoms with Crippen LogP contribution in [0.25, 0.3) is 16.7 Å². The molecule has 2 aliphatic heterocycles. The molecule has 6 N–H and O–H groups in total. The standard InChI is InChI=1S/C43H42ClF3N8O11/c1-21(2)35(51-30(56)6-4-3-5-13-54-32(58)11-12-33(54)59)41(61)49-16-31(57)50-23-9-7-22(8-10-23)20-65-43(64)66-24-17-53(18-24)37-27(45)14-25-36(34(37)44)55(19-26(38(25)60)42(62)63)40-29(47)15-28(46)39(48)52-40/h7-12,14-15,19,21,24,35H,3-6,13,16-18,20H2,1-2H3,(H2,48,52)(H,49,61)(H,50,57)(H,51,56)(H,62,63)/t35-/m0/s1. The minimum atomic E-state index is -1.72. The smallest absolute Gasteiger partial charge is 0.477 e. The lowest BCUT2D eigenvalue weighted by Crippen LogP contribution is -2.53. The highest BCUT2D eigenvalue weighted by molar-refractivity contribution is 6.38. The third-order valence-corrected chi connectivity index (χ3v) is 10.8. The van der Waals surface area contributed by atoms with E-state index >= 15 is 4.39 Å². The number of fused-ring (bicyclic) bond motifs is 1. The van der Waals surface area contributed by atoms with Crippen molar-refractivity contribution >= 4 is 81.4 Å². The molecule has 0 aliphatic carbocycles. The number of carboxylic acid groups (broad SMARTS) is 1. The maximum atomic E-state index is 15.6. The lowest BCUT2D eigenvalue weighted by Gasteiger charge is -2.40. The van der Waals surface area contributed by atoms with E-state index in [2.05, 4.69) is 20.9 Å². The van der Waals surface area contributed by atoms with E-state index in [0.717, 1.165) is 15.5 Å². The Morgan fingerprint density at radius 2 is 1.62 bits per heavy atom. The summed E-state index contributed by atoms with van der Waals surface area (Å²) in [7, 11) is 0. The van der Waals surface area contributed by atoms with Crippen LogP contribution in [0.15, 0.2) is 59.5 Å². The molecule has 2 aliphatic rings. The molecule has 0 saturated carbocycles. The maximum Gasteiger partial charge on any atom is 0.509 e. The fraction of sp³-hybridized carbons (Fsp3) is 0.326. The number of carbonyl (C=O) groups excluding carboxylic acids is 6. The number of aromatic carboxylic acids is 1. The van der Waals surface area contributed by atoms with Crippen LogP contribution in [-0.4, -0.2) is 99.5 Å². The van der Waals surface area contributed by atoms with Gasteiger partial charge in [0.25, 0.3) is 11.8 Å². The van der Waals surface area contributed by atoms with Crippen LogP contribution in [0.3, 0.4) is 0 Å². The molecule has 1 saturated heterocycles. The first-order valence-corrected chi connectivity index (χ1v) is 20.7. The van der Waals surface area contributed by atoms with Gasteiger partial charge in [0.15, 0.2) is 23.3 Å². The van der Waals surface area contributed by atoms with E-state index in [0.29, 0.717) is 42.8 Å². The van der Waals surface area contributed by atoms with Crippen molar-refractivity contribution in [2.75, 3.05) is 42.1 Å². The number of rotatable bonds is 18. The molecule has 4 aromatic rings. The van der Waals surface area contributed by atoms with E-state index in [1.54, 1.807) is 26.0 Å². The zero-order valence-electron chi connectivity index (χ0n) is 35.2. The fourth-order valence-corrected chi connectivity index (χ4v) is 7.39. The number of benzene rings is 2. The fourth-order valence-electron chi connectivity index (χ4n) is 6.99. The number of hydrogen-bond donors (Lipinski definition) is 5. The molecular formula is C43H42ClF3N8O11. The van der Waals surface area contributed by atoms with Crippen LogP contribution < -0.4 is 32.0 Å². The molecule has 5 amide bonds. The van der Waals surface area contributed by atoms with Crippen LogP contribution in [0, 0.1) is 23.4 Å². The quantitative estimate of drug-likeness (QED) is 0.0538. The van der Waals surface area contributed by atoms with E-state index in [1.165, 1.54) is 29.2 Å². The van der Waals surface area contributed by atoms with Crippen LogP contribution >= 0.6 is 11.6 Å². The highest BCUT2D eigenvalue weighted by atomic mass is 35.5. The second-order valence-corrected chi connectivity index (χ2v) is 15.9. The van der Waals surface area contributed by atoms with Crippen molar-refractivity contribution < 1.29 is 61.3 Å². The Labute approximate surface area is 377 Å². The summed E-state index contributed by atoms with van der Waals surface area (Å²) < 4.78 is 55.8. The Balaban J connectivity index is 0.949. The summed E-state index contributed by atoms with van der Waals surface area (Å²) in [5, 5.41) is 16.4. The Hall–Kier alpha value is -7.49. The summed E-state index contributed by atoms with van der Waals surface area (Å²) in [6.07, 6.45) is 2.97. The first-order chi connectivity index (χ1) is 31.3. The molecule has 2 aromatic carbocycles. The van der Waals surface area contributed by atoms with Crippen LogP contribution in [-0.2, 0) is 40.1 Å². The number of amides is 5. The van der Waals surface area contributed by atoms with Gasteiger partial charge < -0.3 is 41.2 Å². The minimum absolute atomic E-state index is 0.110. The van der Waals surface area contributed by atoms with Crippen LogP contribution in [0.4, 0.5) is 35.2 Å². The molecule has 1 atom stereocenters. The van der Waals surface area contributed by atoms with Crippen molar-refractivity contribution in [3.63, 3.8) is 0 Å². The number of pyridine rings is 2. The van der Waals surface area contributed by atoms with Gasteiger partial charge in [-0.1, -0.05) is 44.0 Å².